The first-order chi connectivity index (χ1) is 9.69. The van der Waals surface area contributed by atoms with Crippen LogP contribution in [0.4, 0.5) is 0 Å². The SMILES string of the molecule is CCCCCC(C)(C)C(=O)NCC(C)(O)c1cnn(C)c1. The Bertz CT molecular complexity index is 464. The van der Waals surface area contributed by atoms with Gasteiger partial charge in [0.15, 0.2) is 0 Å². The molecule has 0 aromatic carbocycles. The summed E-state index contributed by atoms with van der Waals surface area (Å²) >= 11 is 0. The van der Waals surface area contributed by atoms with Gasteiger partial charge in [-0.25, -0.2) is 0 Å². The minimum Gasteiger partial charge on any atom is -0.383 e. The van der Waals surface area contributed by atoms with Crippen LogP contribution in [-0.2, 0) is 17.4 Å². The number of carbonyl (C=O) groups is 1. The van der Waals surface area contributed by atoms with E-state index in [1.54, 1.807) is 31.0 Å². The van der Waals surface area contributed by atoms with Crippen LogP contribution < -0.4 is 5.32 Å². The third-order valence-electron chi connectivity index (χ3n) is 3.94. The van der Waals surface area contributed by atoms with Crippen molar-refractivity contribution in [3.63, 3.8) is 0 Å². The van der Waals surface area contributed by atoms with Gasteiger partial charge < -0.3 is 10.4 Å². The Balaban J connectivity index is 2.55. The number of rotatable bonds is 8. The molecular weight excluding hydrogens is 266 g/mol. The number of hydrogen-bond donors (Lipinski definition) is 2. The maximum Gasteiger partial charge on any atom is 0.225 e. The average molecular weight is 295 g/mol. The smallest absolute Gasteiger partial charge is 0.225 e. The Morgan fingerprint density at radius 2 is 2.05 bits per heavy atom. The van der Waals surface area contributed by atoms with Gasteiger partial charge in [0.05, 0.1) is 12.7 Å². The fourth-order valence-corrected chi connectivity index (χ4v) is 2.22. The molecule has 5 heteroatoms. The second-order valence-corrected chi connectivity index (χ2v) is 6.70. The van der Waals surface area contributed by atoms with Crippen LogP contribution in [0.1, 0.15) is 58.9 Å². The van der Waals surface area contributed by atoms with E-state index in [1.807, 2.05) is 13.8 Å². The number of aliphatic hydroxyl groups is 1. The molecule has 0 spiro atoms. The van der Waals surface area contributed by atoms with E-state index in [0.717, 1.165) is 25.7 Å². The van der Waals surface area contributed by atoms with Crippen molar-refractivity contribution in [1.29, 1.82) is 0 Å². The molecule has 21 heavy (non-hydrogen) atoms. The predicted octanol–water partition coefficient (Wildman–Crippen LogP) is 2.35. The van der Waals surface area contributed by atoms with Gasteiger partial charge >= 0.3 is 0 Å². The fraction of sp³-hybridized carbons (Fsp3) is 0.750. The number of nitrogens with one attached hydrogen (secondary N) is 1. The number of amides is 1. The minimum absolute atomic E-state index is 0.0113. The molecule has 0 saturated heterocycles. The summed E-state index contributed by atoms with van der Waals surface area (Å²) in [6.45, 7) is 7.94. The van der Waals surface area contributed by atoms with Crippen molar-refractivity contribution >= 4 is 5.91 Å². The second kappa shape index (κ2) is 7.07. The van der Waals surface area contributed by atoms with E-state index < -0.39 is 11.0 Å². The third-order valence-corrected chi connectivity index (χ3v) is 3.94. The van der Waals surface area contributed by atoms with Crippen LogP contribution in [0.25, 0.3) is 0 Å². The van der Waals surface area contributed by atoms with E-state index >= 15 is 0 Å². The van der Waals surface area contributed by atoms with E-state index in [0.29, 0.717) is 5.56 Å². The zero-order valence-electron chi connectivity index (χ0n) is 13.9. The number of aryl methyl sites for hydroxylation is 1. The Morgan fingerprint density at radius 3 is 2.57 bits per heavy atom. The zero-order valence-corrected chi connectivity index (χ0v) is 13.9. The lowest BCUT2D eigenvalue weighted by molar-refractivity contribution is -0.131. The maximum atomic E-state index is 12.3. The summed E-state index contributed by atoms with van der Waals surface area (Å²) in [7, 11) is 1.80. The molecule has 120 valence electrons. The average Bonchev–Trinajstić information content (AvgIpc) is 2.83. The quantitative estimate of drug-likeness (QED) is 0.723. The number of carbonyl (C=O) groups excluding carboxylic acids is 1. The molecule has 0 aliphatic heterocycles. The van der Waals surface area contributed by atoms with Crippen molar-refractivity contribution < 1.29 is 9.90 Å². The molecule has 1 aromatic heterocycles. The lowest BCUT2D eigenvalue weighted by atomic mass is 9.85. The largest absolute Gasteiger partial charge is 0.383 e. The van der Waals surface area contributed by atoms with Crippen molar-refractivity contribution in [3.05, 3.63) is 18.0 Å². The Kier molecular flexibility index (Phi) is 5.96. The molecule has 0 aliphatic rings. The van der Waals surface area contributed by atoms with E-state index in [4.69, 9.17) is 0 Å². The highest BCUT2D eigenvalue weighted by Gasteiger charge is 2.30. The Labute approximate surface area is 127 Å². The van der Waals surface area contributed by atoms with Gasteiger partial charge in [0, 0.05) is 24.2 Å². The number of aromatic nitrogens is 2. The first-order valence-electron chi connectivity index (χ1n) is 7.69. The van der Waals surface area contributed by atoms with Gasteiger partial charge in [0.1, 0.15) is 5.60 Å². The van der Waals surface area contributed by atoms with Gasteiger partial charge in [-0.05, 0) is 13.3 Å². The van der Waals surface area contributed by atoms with Crippen LogP contribution in [0.2, 0.25) is 0 Å². The monoisotopic (exact) mass is 295 g/mol. The summed E-state index contributed by atoms with van der Waals surface area (Å²) in [5, 5.41) is 17.4. The molecule has 2 N–H and O–H groups in total. The van der Waals surface area contributed by atoms with E-state index in [2.05, 4.69) is 17.3 Å². The molecule has 0 radical (unpaired) electrons. The van der Waals surface area contributed by atoms with Crippen molar-refractivity contribution in [3.8, 4) is 0 Å². The zero-order chi connectivity index (χ0) is 16.1. The number of hydrogen-bond acceptors (Lipinski definition) is 3. The topological polar surface area (TPSA) is 67.2 Å². The summed E-state index contributed by atoms with van der Waals surface area (Å²) in [6.07, 6.45) is 7.59. The fourth-order valence-electron chi connectivity index (χ4n) is 2.22. The first kappa shape index (κ1) is 17.7. The van der Waals surface area contributed by atoms with Gasteiger partial charge in [-0.3, -0.25) is 9.48 Å². The molecule has 1 amide bonds. The van der Waals surface area contributed by atoms with Gasteiger partial charge in [0.2, 0.25) is 5.91 Å². The molecular formula is C16H29N3O2. The Hall–Kier alpha value is -1.36. The molecule has 0 aliphatic carbocycles. The standard InChI is InChI=1S/C16H29N3O2/c1-6-7-8-9-15(2,3)14(20)17-12-16(4,21)13-10-18-19(5)11-13/h10-11,21H,6-9,12H2,1-5H3,(H,17,20). The summed E-state index contributed by atoms with van der Waals surface area (Å²) in [6, 6.07) is 0. The van der Waals surface area contributed by atoms with E-state index in [-0.39, 0.29) is 12.5 Å². The highest BCUT2D eigenvalue weighted by Crippen LogP contribution is 2.25. The van der Waals surface area contributed by atoms with Crippen molar-refractivity contribution in [2.75, 3.05) is 6.54 Å². The molecule has 1 rings (SSSR count). The maximum absolute atomic E-state index is 12.3. The second-order valence-electron chi connectivity index (χ2n) is 6.70. The number of unbranched alkanes of at least 4 members (excludes halogenated alkanes) is 2. The highest BCUT2D eigenvalue weighted by atomic mass is 16.3. The molecule has 1 unspecified atom stereocenters. The van der Waals surface area contributed by atoms with E-state index in [1.165, 1.54) is 0 Å². The van der Waals surface area contributed by atoms with Crippen LogP contribution in [-0.4, -0.2) is 27.3 Å². The number of nitrogens with zero attached hydrogens (tertiary/aromatic N) is 2. The third kappa shape index (κ3) is 5.16. The predicted molar refractivity (Wildman–Crippen MR) is 83.7 cm³/mol. The van der Waals surface area contributed by atoms with Crippen LogP contribution >= 0.6 is 0 Å². The summed E-state index contributed by atoms with van der Waals surface area (Å²) in [5.74, 6) is -0.0113. The molecule has 1 heterocycles. The normalized spacial score (nSPS) is 14.8. The summed E-state index contributed by atoms with van der Waals surface area (Å²) < 4.78 is 1.64. The van der Waals surface area contributed by atoms with Crippen LogP contribution in [0.5, 0.6) is 0 Å². The lowest BCUT2D eigenvalue weighted by Gasteiger charge is -2.27. The molecule has 1 aromatic rings. The minimum atomic E-state index is -1.11. The summed E-state index contributed by atoms with van der Waals surface area (Å²) in [4.78, 5) is 12.3. The van der Waals surface area contributed by atoms with Crippen LogP contribution in [0.3, 0.4) is 0 Å². The van der Waals surface area contributed by atoms with Gasteiger partial charge in [-0.15, -0.1) is 0 Å². The molecule has 1 atom stereocenters. The highest BCUT2D eigenvalue weighted by molar-refractivity contribution is 5.81. The van der Waals surface area contributed by atoms with Crippen LogP contribution in [0.15, 0.2) is 12.4 Å². The Morgan fingerprint density at radius 1 is 1.38 bits per heavy atom. The van der Waals surface area contributed by atoms with Gasteiger partial charge in [0.25, 0.3) is 0 Å². The van der Waals surface area contributed by atoms with Gasteiger partial charge in [-0.1, -0.05) is 40.0 Å². The lowest BCUT2D eigenvalue weighted by Crippen LogP contribution is -2.44. The van der Waals surface area contributed by atoms with Gasteiger partial charge in [-0.2, -0.15) is 5.10 Å². The molecule has 0 saturated carbocycles. The first-order valence-corrected chi connectivity index (χ1v) is 7.69. The van der Waals surface area contributed by atoms with E-state index in [9.17, 15) is 9.90 Å². The van der Waals surface area contributed by atoms with Crippen LogP contribution in [0, 0.1) is 5.41 Å². The van der Waals surface area contributed by atoms with Crippen molar-refractivity contribution in [1.82, 2.24) is 15.1 Å². The molecule has 0 bridgehead atoms. The van der Waals surface area contributed by atoms with Crippen molar-refractivity contribution in [2.24, 2.45) is 12.5 Å². The molecule has 0 fully saturated rings. The molecule has 5 nitrogen and oxygen atoms in total. The van der Waals surface area contributed by atoms with Crippen molar-refractivity contribution in [2.45, 2.75) is 59.0 Å². The summed E-state index contributed by atoms with van der Waals surface area (Å²) in [5.41, 5.74) is -0.807.